The van der Waals surface area contributed by atoms with Crippen molar-refractivity contribution < 1.29 is 24.2 Å². The normalized spacial score (nSPS) is 31.7. The first-order valence-corrected chi connectivity index (χ1v) is 5.96. The van der Waals surface area contributed by atoms with Crippen LogP contribution in [0, 0.1) is 0 Å². The van der Waals surface area contributed by atoms with Crippen LogP contribution in [0.1, 0.15) is 20.8 Å². The van der Waals surface area contributed by atoms with E-state index in [2.05, 4.69) is 0 Å². The Morgan fingerprint density at radius 2 is 1.79 bits per heavy atom. The second kappa shape index (κ2) is 6.45. The van der Waals surface area contributed by atoms with Crippen LogP contribution in [0.5, 0.6) is 0 Å². The Labute approximate surface area is 112 Å². The first-order valence-electron chi connectivity index (χ1n) is 5.96. The Hall–Kier alpha value is -1.72. The zero-order chi connectivity index (χ0) is 14.5. The maximum atomic E-state index is 11.0. The summed E-state index contributed by atoms with van der Waals surface area (Å²) in [6.07, 6.45) is 9.20. The summed E-state index contributed by atoms with van der Waals surface area (Å²) in [7, 11) is 0. The number of hydrogen-bond acceptors (Lipinski definition) is 4. The highest BCUT2D eigenvalue weighted by atomic mass is 16.8. The zero-order valence-electron chi connectivity index (χ0n) is 11.2. The molecule has 5 heteroatoms. The summed E-state index contributed by atoms with van der Waals surface area (Å²) in [5.74, 6) is -2.76. The van der Waals surface area contributed by atoms with Crippen LogP contribution in [0.25, 0.3) is 0 Å². The van der Waals surface area contributed by atoms with Crippen molar-refractivity contribution >= 4 is 11.8 Å². The molecule has 1 rings (SSSR count). The molecule has 0 aromatic heterocycles. The number of carbonyl (C=O) groups excluding carboxylic acids is 1. The van der Waals surface area contributed by atoms with E-state index in [0.717, 1.165) is 0 Å². The predicted molar refractivity (Wildman–Crippen MR) is 69.6 cm³/mol. The van der Waals surface area contributed by atoms with Crippen molar-refractivity contribution in [1.29, 1.82) is 0 Å². The molecule has 19 heavy (non-hydrogen) atoms. The van der Waals surface area contributed by atoms with Crippen LogP contribution in [0.4, 0.5) is 0 Å². The molecule has 0 radical (unpaired) electrons. The molecule has 3 atom stereocenters. The number of carboxylic acids is 1. The summed E-state index contributed by atoms with van der Waals surface area (Å²) in [4.78, 5) is 21.6. The van der Waals surface area contributed by atoms with Crippen molar-refractivity contribution in [1.82, 2.24) is 0 Å². The first-order chi connectivity index (χ1) is 8.85. The monoisotopic (exact) mass is 266 g/mol. The van der Waals surface area contributed by atoms with Crippen molar-refractivity contribution in [3.8, 4) is 0 Å². The van der Waals surface area contributed by atoms with Gasteiger partial charge in [0.2, 0.25) is 0 Å². The molecule has 1 saturated heterocycles. The fourth-order valence-electron chi connectivity index (χ4n) is 1.59. The van der Waals surface area contributed by atoms with Gasteiger partial charge in [-0.25, -0.2) is 4.79 Å². The molecule has 0 aliphatic carbocycles. The lowest BCUT2D eigenvalue weighted by Crippen LogP contribution is -2.36. The summed E-state index contributed by atoms with van der Waals surface area (Å²) < 4.78 is 10.6. The van der Waals surface area contributed by atoms with Crippen LogP contribution in [-0.2, 0) is 19.1 Å². The zero-order valence-corrected chi connectivity index (χ0v) is 11.2. The maximum Gasteiger partial charge on any atom is 0.364 e. The third kappa shape index (κ3) is 4.46. The molecule has 1 aliphatic heterocycles. The van der Waals surface area contributed by atoms with Crippen LogP contribution in [0.2, 0.25) is 0 Å². The van der Waals surface area contributed by atoms with E-state index in [-0.39, 0.29) is 11.9 Å². The number of aliphatic carboxylic acids is 1. The Morgan fingerprint density at radius 3 is 2.32 bits per heavy atom. The van der Waals surface area contributed by atoms with E-state index in [9.17, 15) is 9.59 Å². The largest absolute Gasteiger partial charge is 0.477 e. The fraction of sp³-hybridized carbons (Fsp3) is 0.429. The quantitative estimate of drug-likeness (QED) is 0.607. The summed E-state index contributed by atoms with van der Waals surface area (Å²) in [6, 6.07) is 0. The number of rotatable bonds is 5. The molecule has 1 N–H and O–H groups in total. The second-order valence-electron chi connectivity index (χ2n) is 4.40. The molecular weight excluding hydrogens is 248 g/mol. The Morgan fingerprint density at radius 1 is 1.16 bits per heavy atom. The van der Waals surface area contributed by atoms with E-state index in [0.29, 0.717) is 0 Å². The van der Waals surface area contributed by atoms with Crippen LogP contribution in [-0.4, -0.2) is 34.9 Å². The summed E-state index contributed by atoms with van der Waals surface area (Å²) in [6.45, 7) is 4.60. The van der Waals surface area contributed by atoms with Gasteiger partial charge in [-0.3, -0.25) is 4.79 Å². The van der Waals surface area contributed by atoms with Gasteiger partial charge < -0.3 is 14.6 Å². The van der Waals surface area contributed by atoms with Crippen LogP contribution in [0.15, 0.2) is 36.5 Å². The lowest BCUT2D eigenvalue weighted by molar-refractivity contribution is -0.200. The first kappa shape index (κ1) is 15.3. The lowest BCUT2D eigenvalue weighted by Gasteiger charge is -2.16. The number of hydrogen-bond donors (Lipinski definition) is 1. The molecule has 0 aromatic carbocycles. The Balaban J connectivity index is 2.54. The second-order valence-corrected chi connectivity index (χ2v) is 4.40. The fourth-order valence-corrected chi connectivity index (χ4v) is 1.59. The highest BCUT2D eigenvalue weighted by Crippen LogP contribution is 2.29. The number of ketones is 1. The van der Waals surface area contributed by atoms with Crippen molar-refractivity contribution in [2.75, 3.05) is 0 Å². The topological polar surface area (TPSA) is 72.8 Å². The third-order valence-electron chi connectivity index (χ3n) is 2.59. The van der Waals surface area contributed by atoms with E-state index in [1.54, 1.807) is 37.3 Å². The van der Waals surface area contributed by atoms with Gasteiger partial charge in [-0.1, -0.05) is 30.4 Å². The van der Waals surface area contributed by atoms with E-state index in [1.165, 1.54) is 19.9 Å². The number of carboxylic acid groups (broad SMARTS) is 1. The number of allylic oxidation sites excluding steroid dienone is 5. The molecule has 0 amide bonds. The average molecular weight is 266 g/mol. The van der Waals surface area contributed by atoms with Gasteiger partial charge in [0.05, 0.1) is 6.10 Å². The van der Waals surface area contributed by atoms with E-state index < -0.39 is 17.9 Å². The van der Waals surface area contributed by atoms with Gasteiger partial charge in [0.25, 0.3) is 5.79 Å². The molecule has 1 fully saturated rings. The minimum atomic E-state index is -1.59. The van der Waals surface area contributed by atoms with Gasteiger partial charge >= 0.3 is 5.97 Å². The molecule has 104 valence electrons. The van der Waals surface area contributed by atoms with Gasteiger partial charge in [-0.15, -0.1) is 0 Å². The van der Waals surface area contributed by atoms with Gasteiger partial charge in [-0.05, 0) is 19.9 Å². The number of ether oxygens (including phenoxy) is 2. The maximum absolute atomic E-state index is 11.0. The predicted octanol–water partition coefficient (Wildman–Crippen LogP) is 1.85. The summed E-state index contributed by atoms with van der Waals surface area (Å²) in [5, 5.41) is 8.97. The SMILES string of the molecule is CC(=O)/C=C/C=C/C=C/[C@@H]1O[C@@](C)(C(=O)O)O[C@H]1C. The standard InChI is InChI=1S/C14H18O5/c1-10(15)8-6-4-5-7-9-12-11(2)18-14(3,19-12)13(16)17/h4-9,11-12H,1-3H3,(H,16,17)/b5-4+,8-6+,9-7+/t11-,12-,14-/m0/s1. The van der Waals surface area contributed by atoms with Crippen molar-refractivity contribution in [2.24, 2.45) is 0 Å². The summed E-state index contributed by atoms with van der Waals surface area (Å²) in [5.41, 5.74) is 0. The third-order valence-corrected chi connectivity index (χ3v) is 2.59. The highest BCUT2D eigenvalue weighted by Gasteiger charge is 2.47. The summed E-state index contributed by atoms with van der Waals surface area (Å²) >= 11 is 0. The van der Waals surface area contributed by atoms with Crippen LogP contribution >= 0.6 is 0 Å². The highest BCUT2D eigenvalue weighted by molar-refractivity contribution is 5.87. The van der Waals surface area contributed by atoms with E-state index in [1.807, 2.05) is 0 Å². The number of carbonyl (C=O) groups is 2. The Kier molecular flexibility index (Phi) is 5.20. The molecular formula is C14H18O5. The minimum Gasteiger partial charge on any atom is -0.477 e. The van der Waals surface area contributed by atoms with Gasteiger partial charge in [0, 0.05) is 6.92 Å². The molecule has 0 saturated carbocycles. The van der Waals surface area contributed by atoms with E-state index in [4.69, 9.17) is 14.6 Å². The molecule has 1 heterocycles. The molecule has 0 bridgehead atoms. The molecule has 1 aliphatic rings. The Bertz CT molecular complexity index is 435. The average Bonchev–Trinajstić information content (AvgIpc) is 2.60. The molecule has 0 spiro atoms. The lowest BCUT2D eigenvalue weighted by atomic mass is 10.2. The van der Waals surface area contributed by atoms with Gasteiger partial charge in [0.1, 0.15) is 6.10 Å². The van der Waals surface area contributed by atoms with E-state index >= 15 is 0 Å². The molecule has 5 nitrogen and oxygen atoms in total. The minimum absolute atomic E-state index is 0.0213. The van der Waals surface area contributed by atoms with Crippen LogP contribution < -0.4 is 0 Å². The van der Waals surface area contributed by atoms with Crippen LogP contribution in [0.3, 0.4) is 0 Å². The van der Waals surface area contributed by atoms with Gasteiger partial charge in [-0.2, -0.15) is 0 Å². The van der Waals surface area contributed by atoms with Crippen molar-refractivity contribution in [2.45, 2.75) is 38.8 Å². The smallest absolute Gasteiger partial charge is 0.364 e. The van der Waals surface area contributed by atoms with Crippen molar-refractivity contribution in [3.63, 3.8) is 0 Å². The van der Waals surface area contributed by atoms with Gasteiger partial charge in [0.15, 0.2) is 5.78 Å². The molecule has 0 unspecified atom stereocenters. The van der Waals surface area contributed by atoms with Crippen molar-refractivity contribution in [3.05, 3.63) is 36.5 Å². The molecule has 0 aromatic rings.